The summed E-state index contributed by atoms with van der Waals surface area (Å²) in [5.74, 6) is -0.252. The summed E-state index contributed by atoms with van der Waals surface area (Å²) in [6.45, 7) is 3.36. The van der Waals surface area contributed by atoms with Gasteiger partial charge in [0.15, 0.2) is 6.54 Å². The van der Waals surface area contributed by atoms with Crippen molar-refractivity contribution in [2.24, 2.45) is 5.73 Å². The minimum Gasteiger partial charge on any atom is -0.365 e. The smallest absolute Gasteiger partial charge is 0.272 e. The van der Waals surface area contributed by atoms with Crippen LogP contribution in [-0.4, -0.2) is 19.5 Å². The standard InChI is InChI=1S/C12H18N2O/c1-3-10-4-6-11(7-5-10)8-14(2)9-12(13)15/h4-7H,3,8-9H2,1-2H3,(H2,13,15)/p+1. The Hall–Kier alpha value is -1.35. The van der Waals surface area contributed by atoms with Gasteiger partial charge in [0.05, 0.1) is 7.05 Å². The normalized spacial score (nSPS) is 12.4. The number of carbonyl (C=O) groups excluding carboxylic acids is 1. The van der Waals surface area contributed by atoms with Crippen molar-refractivity contribution in [3.05, 3.63) is 35.4 Å². The first-order valence-corrected chi connectivity index (χ1v) is 5.29. The fraction of sp³-hybridized carbons (Fsp3) is 0.417. The summed E-state index contributed by atoms with van der Waals surface area (Å²) in [4.78, 5) is 11.8. The topological polar surface area (TPSA) is 47.5 Å². The Kier molecular flexibility index (Phi) is 4.31. The predicted octanol–water partition coefficient (Wildman–Crippen LogP) is -0.251. The van der Waals surface area contributed by atoms with Crippen molar-refractivity contribution in [1.29, 1.82) is 0 Å². The van der Waals surface area contributed by atoms with Gasteiger partial charge in [-0.05, 0) is 12.0 Å². The van der Waals surface area contributed by atoms with Crippen molar-refractivity contribution in [1.82, 2.24) is 0 Å². The Balaban J connectivity index is 2.53. The van der Waals surface area contributed by atoms with Crippen LogP contribution < -0.4 is 10.6 Å². The van der Waals surface area contributed by atoms with Crippen molar-refractivity contribution in [3.8, 4) is 0 Å². The van der Waals surface area contributed by atoms with Gasteiger partial charge in [0.2, 0.25) is 0 Å². The fourth-order valence-corrected chi connectivity index (χ4v) is 1.60. The third kappa shape index (κ3) is 4.13. The summed E-state index contributed by atoms with van der Waals surface area (Å²) in [5.41, 5.74) is 7.71. The lowest BCUT2D eigenvalue weighted by Crippen LogP contribution is -3.08. The number of aryl methyl sites for hydroxylation is 1. The molecular formula is C12H19N2O+. The Morgan fingerprint density at radius 2 is 1.80 bits per heavy atom. The molecule has 1 unspecified atom stereocenters. The number of quaternary nitrogens is 1. The quantitative estimate of drug-likeness (QED) is 0.687. The number of carbonyl (C=O) groups is 1. The molecule has 15 heavy (non-hydrogen) atoms. The van der Waals surface area contributed by atoms with Crippen molar-refractivity contribution in [3.63, 3.8) is 0 Å². The largest absolute Gasteiger partial charge is 0.365 e. The van der Waals surface area contributed by atoms with Crippen LogP contribution in [0.15, 0.2) is 24.3 Å². The van der Waals surface area contributed by atoms with Gasteiger partial charge in [-0.1, -0.05) is 31.2 Å². The number of likely N-dealkylation sites (N-methyl/N-ethyl adjacent to an activating group) is 1. The van der Waals surface area contributed by atoms with Crippen LogP contribution in [0.1, 0.15) is 18.1 Å². The molecule has 1 amide bonds. The molecule has 3 heteroatoms. The van der Waals surface area contributed by atoms with E-state index in [0.717, 1.165) is 17.9 Å². The van der Waals surface area contributed by atoms with Gasteiger partial charge >= 0.3 is 0 Å². The number of primary amides is 1. The second-order valence-corrected chi connectivity index (χ2v) is 3.95. The molecule has 0 aliphatic rings. The van der Waals surface area contributed by atoms with E-state index in [1.165, 1.54) is 11.1 Å². The SMILES string of the molecule is CCc1ccc(C[NH+](C)CC(N)=O)cc1. The van der Waals surface area contributed by atoms with Crippen LogP contribution in [-0.2, 0) is 17.8 Å². The summed E-state index contributed by atoms with van der Waals surface area (Å²) in [7, 11) is 1.97. The van der Waals surface area contributed by atoms with E-state index in [1.54, 1.807) is 0 Å². The highest BCUT2D eigenvalue weighted by Crippen LogP contribution is 2.03. The average Bonchev–Trinajstić information content (AvgIpc) is 2.17. The van der Waals surface area contributed by atoms with E-state index < -0.39 is 0 Å². The average molecular weight is 207 g/mol. The lowest BCUT2D eigenvalue weighted by molar-refractivity contribution is -0.885. The molecule has 3 N–H and O–H groups in total. The minimum absolute atomic E-state index is 0.252. The maximum absolute atomic E-state index is 10.7. The van der Waals surface area contributed by atoms with Crippen LogP contribution in [0, 0.1) is 0 Å². The molecule has 0 saturated carbocycles. The molecule has 0 fully saturated rings. The molecule has 0 spiro atoms. The van der Waals surface area contributed by atoms with Gasteiger partial charge in [-0.3, -0.25) is 4.79 Å². The Bertz CT molecular complexity index is 319. The number of nitrogens with one attached hydrogen (secondary N) is 1. The molecule has 1 rings (SSSR count). The summed E-state index contributed by atoms with van der Waals surface area (Å²) in [5, 5.41) is 0. The van der Waals surface area contributed by atoms with Gasteiger partial charge < -0.3 is 10.6 Å². The highest BCUT2D eigenvalue weighted by atomic mass is 16.1. The van der Waals surface area contributed by atoms with Gasteiger partial charge in [-0.25, -0.2) is 0 Å². The van der Waals surface area contributed by atoms with Gasteiger partial charge in [-0.2, -0.15) is 0 Å². The summed E-state index contributed by atoms with van der Waals surface area (Å²) in [6, 6.07) is 8.49. The van der Waals surface area contributed by atoms with Crippen molar-refractivity contribution < 1.29 is 9.69 Å². The van der Waals surface area contributed by atoms with E-state index in [9.17, 15) is 4.79 Å². The Labute approximate surface area is 90.9 Å². The molecule has 0 bridgehead atoms. The van der Waals surface area contributed by atoms with Gasteiger partial charge in [-0.15, -0.1) is 0 Å². The lowest BCUT2D eigenvalue weighted by Gasteiger charge is -2.11. The molecule has 3 nitrogen and oxygen atoms in total. The number of benzene rings is 1. The maximum atomic E-state index is 10.7. The van der Waals surface area contributed by atoms with E-state index in [1.807, 2.05) is 7.05 Å². The summed E-state index contributed by atoms with van der Waals surface area (Å²) < 4.78 is 0. The zero-order valence-electron chi connectivity index (χ0n) is 9.42. The van der Waals surface area contributed by atoms with Crippen LogP contribution >= 0.6 is 0 Å². The van der Waals surface area contributed by atoms with Crippen LogP contribution in [0.3, 0.4) is 0 Å². The van der Waals surface area contributed by atoms with E-state index in [4.69, 9.17) is 5.73 Å². The molecule has 1 aromatic rings. The van der Waals surface area contributed by atoms with Crippen molar-refractivity contribution in [2.45, 2.75) is 19.9 Å². The molecule has 0 aliphatic carbocycles. The zero-order valence-corrected chi connectivity index (χ0v) is 9.42. The molecule has 0 aromatic heterocycles. The van der Waals surface area contributed by atoms with E-state index in [2.05, 4.69) is 31.2 Å². The number of amides is 1. The first kappa shape index (κ1) is 11.7. The summed E-state index contributed by atoms with van der Waals surface area (Å²) in [6.07, 6.45) is 1.06. The van der Waals surface area contributed by atoms with Crippen molar-refractivity contribution in [2.75, 3.05) is 13.6 Å². The van der Waals surface area contributed by atoms with Crippen LogP contribution in [0.4, 0.5) is 0 Å². The van der Waals surface area contributed by atoms with Gasteiger partial charge in [0, 0.05) is 5.56 Å². The first-order chi connectivity index (χ1) is 7.11. The van der Waals surface area contributed by atoms with Gasteiger partial charge in [0.25, 0.3) is 5.91 Å². The molecule has 1 aromatic carbocycles. The second-order valence-electron chi connectivity index (χ2n) is 3.95. The molecule has 82 valence electrons. The van der Waals surface area contributed by atoms with E-state index >= 15 is 0 Å². The Morgan fingerprint density at radius 3 is 2.27 bits per heavy atom. The summed E-state index contributed by atoms with van der Waals surface area (Å²) >= 11 is 0. The van der Waals surface area contributed by atoms with Gasteiger partial charge in [0.1, 0.15) is 6.54 Å². The first-order valence-electron chi connectivity index (χ1n) is 5.29. The van der Waals surface area contributed by atoms with Crippen LogP contribution in [0.5, 0.6) is 0 Å². The van der Waals surface area contributed by atoms with E-state index in [-0.39, 0.29) is 5.91 Å². The number of hydrogen-bond donors (Lipinski definition) is 2. The van der Waals surface area contributed by atoms with Crippen LogP contribution in [0.2, 0.25) is 0 Å². The third-order valence-electron chi connectivity index (χ3n) is 2.41. The third-order valence-corrected chi connectivity index (χ3v) is 2.41. The minimum atomic E-state index is -0.252. The monoisotopic (exact) mass is 207 g/mol. The number of hydrogen-bond acceptors (Lipinski definition) is 1. The molecule has 0 aliphatic heterocycles. The highest BCUT2D eigenvalue weighted by molar-refractivity contribution is 5.74. The molecule has 0 saturated heterocycles. The number of rotatable bonds is 5. The molecule has 0 radical (unpaired) electrons. The molecule has 0 heterocycles. The predicted molar refractivity (Wildman–Crippen MR) is 60.5 cm³/mol. The van der Waals surface area contributed by atoms with Crippen LogP contribution in [0.25, 0.3) is 0 Å². The number of nitrogens with two attached hydrogens (primary N) is 1. The fourth-order valence-electron chi connectivity index (χ4n) is 1.60. The Morgan fingerprint density at radius 1 is 1.27 bits per heavy atom. The lowest BCUT2D eigenvalue weighted by atomic mass is 10.1. The highest BCUT2D eigenvalue weighted by Gasteiger charge is 2.06. The zero-order chi connectivity index (χ0) is 11.3. The second kappa shape index (κ2) is 5.51. The van der Waals surface area contributed by atoms with E-state index in [0.29, 0.717) is 6.54 Å². The van der Waals surface area contributed by atoms with Crippen molar-refractivity contribution >= 4 is 5.91 Å². The molecule has 1 atom stereocenters. The maximum Gasteiger partial charge on any atom is 0.272 e. The molecular weight excluding hydrogens is 188 g/mol.